The van der Waals surface area contributed by atoms with Crippen molar-refractivity contribution in [3.63, 3.8) is 0 Å². The minimum absolute atomic E-state index is 0.00338. The highest BCUT2D eigenvalue weighted by molar-refractivity contribution is 8.16. The zero-order valence-electron chi connectivity index (χ0n) is 18.7. The van der Waals surface area contributed by atoms with Crippen LogP contribution in [0, 0.1) is 5.82 Å². The number of carbonyl (C=O) groups is 2. The number of aliphatic imine (C=N–C) groups is 1. The number of benzene rings is 1. The Bertz CT molecular complexity index is 951. The molecule has 1 unspecified atom stereocenters. The maximum Gasteiger partial charge on any atom is 0.254 e. The summed E-state index contributed by atoms with van der Waals surface area (Å²) in [5, 5.41) is 2.65. The van der Waals surface area contributed by atoms with Gasteiger partial charge in [0.1, 0.15) is 5.82 Å². The zero-order chi connectivity index (χ0) is 22.7. The zero-order valence-corrected chi connectivity index (χ0v) is 19.5. The van der Waals surface area contributed by atoms with Crippen molar-refractivity contribution in [2.45, 2.75) is 40.2 Å². The first-order chi connectivity index (χ1) is 14.8. The molecule has 1 aromatic rings. The molecule has 2 aliphatic heterocycles. The lowest BCUT2D eigenvalue weighted by Gasteiger charge is -2.38. The van der Waals surface area contributed by atoms with Crippen LogP contribution in [0.4, 0.5) is 4.39 Å². The number of nitrogens with zero attached hydrogens (tertiary/aromatic N) is 4. The van der Waals surface area contributed by atoms with E-state index in [1.165, 1.54) is 23.9 Å². The second-order valence-electron chi connectivity index (χ2n) is 7.51. The number of amides is 2. The van der Waals surface area contributed by atoms with Gasteiger partial charge in [-0.3, -0.25) is 9.59 Å². The van der Waals surface area contributed by atoms with Gasteiger partial charge >= 0.3 is 0 Å². The SMILES string of the molecule is CCN(C)C(=O)CC1=CSC2=NC(C)=C(C(=O)N(CC)CC)C(c3ccc(F)cc3)N12. The number of hydrogen-bond acceptors (Lipinski definition) is 5. The van der Waals surface area contributed by atoms with Crippen molar-refractivity contribution in [1.29, 1.82) is 0 Å². The highest BCUT2D eigenvalue weighted by atomic mass is 32.2. The number of carbonyl (C=O) groups excluding carboxylic acids is 2. The summed E-state index contributed by atoms with van der Waals surface area (Å²) in [5.41, 5.74) is 2.79. The van der Waals surface area contributed by atoms with E-state index in [1.807, 2.05) is 38.0 Å². The fourth-order valence-corrected chi connectivity index (χ4v) is 4.72. The van der Waals surface area contributed by atoms with Crippen molar-refractivity contribution in [1.82, 2.24) is 14.7 Å². The summed E-state index contributed by atoms with van der Waals surface area (Å²) in [6, 6.07) is 5.73. The predicted octanol–water partition coefficient (Wildman–Crippen LogP) is 4.14. The summed E-state index contributed by atoms with van der Waals surface area (Å²) in [4.78, 5) is 36.2. The molecule has 31 heavy (non-hydrogen) atoms. The quantitative estimate of drug-likeness (QED) is 0.634. The molecule has 0 spiro atoms. The van der Waals surface area contributed by atoms with Gasteiger partial charge in [0.2, 0.25) is 5.91 Å². The number of halogens is 1. The number of likely N-dealkylation sites (N-methyl/N-ethyl adjacent to an activating group) is 1. The molecule has 0 fully saturated rings. The number of hydrogen-bond donors (Lipinski definition) is 0. The molecule has 6 nitrogen and oxygen atoms in total. The first kappa shape index (κ1) is 23.1. The van der Waals surface area contributed by atoms with Crippen molar-refractivity contribution in [2.24, 2.45) is 4.99 Å². The molecule has 0 bridgehead atoms. The molecule has 8 heteroatoms. The molecule has 1 atom stereocenters. The van der Waals surface area contributed by atoms with Gasteiger partial charge in [-0.15, -0.1) is 0 Å². The molecular formula is C23H29FN4O2S. The van der Waals surface area contributed by atoms with Crippen LogP contribution in [0.1, 0.15) is 45.7 Å². The van der Waals surface area contributed by atoms with Crippen LogP contribution in [-0.2, 0) is 9.59 Å². The average molecular weight is 445 g/mol. The van der Waals surface area contributed by atoms with E-state index < -0.39 is 6.04 Å². The van der Waals surface area contributed by atoms with Crippen LogP contribution >= 0.6 is 11.8 Å². The van der Waals surface area contributed by atoms with Crippen LogP contribution < -0.4 is 0 Å². The van der Waals surface area contributed by atoms with Crippen LogP contribution in [0.3, 0.4) is 0 Å². The fourth-order valence-electron chi connectivity index (χ4n) is 3.75. The fraction of sp³-hybridized carbons (Fsp3) is 0.435. The highest BCUT2D eigenvalue weighted by Gasteiger charge is 2.41. The number of amidine groups is 1. The predicted molar refractivity (Wildman–Crippen MR) is 123 cm³/mol. The van der Waals surface area contributed by atoms with Gasteiger partial charge in [0.15, 0.2) is 5.17 Å². The lowest BCUT2D eigenvalue weighted by molar-refractivity contribution is -0.129. The van der Waals surface area contributed by atoms with Crippen molar-refractivity contribution >= 4 is 28.7 Å². The number of rotatable bonds is 7. The largest absolute Gasteiger partial charge is 0.346 e. The van der Waals surface area contributed by atoms with Crippen molar-refractivity contribution < 1.29 is 14.0 Å². The smallest absolute Gasteiger partial charge is 0.254 e. The highest BCUT2D eigenvalue weighted by Crippen LogP contribution is 2.45. The van der Waals surface area contributed by atoms with E-state index in [1.54, 1.807) is 29.0 Å². The van der Waals surface area contributed by atoms with Crippen LogP contribution in [0.5, 0.6) is 0 Å². The second kappa shape index (κ2) is 9.68. The van der Waals surface area contributed by atoms with E-state index in [0.717, 1.165) is 16.4 Å². The topological polar surface area (TPSA) is 56.2 Å². The summed E-state index contributed by atoms with van der Waals surface area (Å²) in [6.07, 6.45) is 0.208. The van der Waals surface area contributed by atoms with E-state index in [-0.39, 0.29) is 24.1 Å². The molecule has 0 saturated heterocycles. The molecule has 0 aromatic heterocycles. The second-order valence-corrected chi connectivity index (χ2v) is 8.34. The summed E-state index contributed by atoms with van der Waals surface area (Å²) < 4.78 is 13.7. The Balaban J connectivity index is 2.08. The molecule has 166 valence electrons. The van der Waals surface area contributed by atoms with Crippen molar-refractivity contribution in [3.8, 4) is 0 Å². The Kier molecular flexibility index (Phi) is 7.20. The summed E-state index contributed by atoms with van der Waals surface area (Å²) >= 11 is 1.44. The van der Waals surface area contributed by atoms with Gasteiger partial charge in [-0.1, -0.05) is 23.9 Å². The molecule has 0 N–H and O–H groups in total. The Morgan fingerprint density at radius 3 is 2.35 bits per heavy atom. The van der Waals surface area contributed by atoms with E-state index in [4.69, 9.17) is 4.99 Å². The molecule has 2 amide bonds. The van der Waals surface area contributed by atoms with Crippen LogP contribution in [0.15, 0.2) is 51.6 Å². The maximum absolute atomic E-state index is 13.7. The standard InChI is InChI=1S/C23H29FN4O2S/c1-6-26(5)19(29)13-18-14-31-23-25-15(4)20(22(30)27(7-2)8-3)21(28(18)23)16-9-11-17(24)12-10-16/h9-12,14,21H,6-8,13H2,1-5H3. The molecule has 3 rings (SSSR count). The third kappa shape index (κ3) is 4.54. The third-order valence-corrected chi connectivity index (χ3v) is 6.59. The Morgan fingerprint density at radius 2 is 1.77 bits per heavy atom. The lowest BCUT2D eigenvalue weighted by atomic mass is 9.92. The molecule has 0 saturated carbocycles. The van der Waals surface area contributed by atoms with E-state index in [9.17, 15) is 14.0 Å². The number of allylic oxidation sites excluding steroid dienone is 1. The molecular weight excluding hydrogens is 415 g/mol. The number of fused-ring (bicyclic) bond motifs is 1. The maximum atomic E-state index is 13.7. The summed E-state index contributed by atoms with van der Waals surface area (Å²) in [6.45, 7) is 9.43. The van der Waals surface area contributed by atoms with Gasteiger partial charge in [-0.2, -0.15) is 0 Å². The molecule has 0 aliphatic carbocycles. The summed E-state index contributed by atoms with van der Waals surface area (Å²) in [7, 11) is 1.77. The van der Waals surface area contributed by atoms with Crippen LogP contribution in [0.2, 0.25) is 0 Å². The van der Waals surface area contributed by atoms with Gasteiger partial charge in [0, 0.05) is 32.4 Å². The minimum Gasteiger partial charge on any atom is -0.346 e. The van der Waals surface area contributed by atoms with Crippen LogP contribution in [0.25, 0.3) is 0 Å². The van der Waals surface area contributed by atoms with Gasteiger partial charge in [-0.05, 0) is 50.8 Å². The molecule has 2 aliphatic rings. The molecule has 2 heterocycles. The van der Waals surface area contributed by atoms with E-state index in [2.05, 4.69) is 0 Å². The Hall–Kier alpha value is -2.61. The number of thioether (sulfide) groups is 1. The Morgan fingerprint density at radius 1 is 1.13 bits per heavy atom. The first-order valence-electron chi connectivity index (χ1n) is 10.5. The van der Waals surface area contributed by atoms with Crippen molar-refractivity contribution in [3.05, 3.63) is 58.0 Å². The first-order valence-corrected chi connectivity index (χ1v) is 11.4. The normalized spacial score (nSPS) is 17.9. The molecule has 0 radical (unpaired) electrons. The van der Waals surface area contributed by atoms with Gasteiger partial charge in [-0.25, -0.2) is 9.38 Å². The van der Waals surface area contributed by atoms with Crippen LogP contribution in [-0.4, -0.2) is 58.4 Å². The minimum atomic E-state index is -0.470. The lowest BCUT2D eigenvalue weighted by Crippen LogP contribution is -2.42. The summed E-state index contributed by atoms with van der Waals surface area (Å²) in [5.74, 6) is -0.429. The van der Waals surface area contributed by atoms with Gasteiger partial charge in [0.25, 0.3) is 5.91 Å². The van der Waals surface area contributed by atoms with E-state index in [0.29, 0.717) is 30.9 Å². The van der Waals surface area contributed by atoms with E-state index >= 15 is 0 Å². The third-order valence-electron chi connectivity index (χ3n) is 5.70. The Labute approximate surface area is 187 Å². The van der Waals surface area contributed by atoms with Gasteiger partial charge < -0.3 is 14.7 Å². The monoisotopic (exact) mass is 444 g/mol. The van der Waals surface area contributed by atoms with Crippen molar-refractivity contribution in [2.75, 3.05) is 26.7 Å². The molecule has 1 aromatic carbocycles. The van der Waals surface area contributed by atoms with Gasteiger partial charge in [0.05, 0.1) is 23.7 Å². The average Bonchev–Trinajstić information content (AvgIpc) is 3.15.